The molecule has 0 heterocycles. The van der Waals surface area contributed by atoms with Gasteiger partial charge in [0.1, 0.15) is 5.75 Å². The second-order valence-corrected chi connectivity index (χ2v) is 4.02. The molecule has 3 N–H and O–H groups in total. The average molecular weight is 222 g/mol. The first kappa shape index (κ1) is 12.8. The number of nitrogens with zero attached hydrogens (tertiary/aromatic N) is 1. The fraction of sp³-hybridized carbons (Fsp3) is 0.538. The quantitative estimate of drug-likeness (QED) is 0.573. The number of phenolic OH excluding ortho intramolecular Hbond substituents is 1. The van der Waals surface area contributed by atoms with Crippen molar-refractivity contribution in [2.75, 3.05) is 25.4 Å². The minimum atomic E-state index is 0.355. The minimum Gasteiger partial charge on any atom is -0.508 e. The number of nitrogens with two attached hydrogens (primary N) is 1. The Morgan fingerprint density at radius 2 is 1.94 bits per heavy atom. The van der Waals surface area contributed by atoms with Gasteiger partial charge in [0.05, 0.1) is 0 Å². The Hall–Kier alpha value is -1.22. The third-order valence-electron chi connectivity index (χ3n) is 2.92. The molecule has 0 bridgehead atoms. The normalized spacial score (nSPS) is 10.9. The highest BCUT2D eigenvalue weighted by molar-refractivity contribution is 5.47. The summed E-state index contributed by atoms with van der Waals surface area (Å²) in [5, 5.41) is 9.65. The van der Waals surface area contributed by atoms with Crippen molar-refractivity contribution in [3.05, 3.63) is 23.8 Å². The summed E-state index contributed by atoms with van der Waals surface area (Å²) in [4.78, 5) is 2.38. The molecule has 0 aromatic heterocycles. The summed E-state index contributed by atoms with van der Waals surface area (Å²) in [7, 11) is 0. The molecule has 0 amide bonds. The molecule has 0 saturated carbocycles. The largest absolute Gasteiger partial charge is 0.508 e. The van der Waals surface area contributed by atoms with Crippen molar-refractivity contribution in [1.29, 1.82) is 0 Å². The van der Waals surface area contributed by atoms with Crippen LogP contribution in [-0.2, 0) is 6.42 Å². The number of aromatic hydroxyl groups is 1. The Morgan fingerprint density at radius 1 is 1.25 bits per heavy atom. The van der Waals surface area contributed by atoms with Gasteiger partial charge in [-0.3, -0.25) is 0 Å². The van der Waals surface area contributed by atoms with Crippen LogP contribution in [0.2, 0.25) is 0 Å². The Bertz CT molecular complexity index is 322. The van der Waals surface area contributed by atoms with E-state index < -0.39 is 0 Å². The highest BCUT2D eigenvalue weighted by atomic mass is 16.3. The highest BCUT2D eigenvalue weighted by Gasteiger charge is 2.03. The molecule has 0 unspecified atom stereocenters. The first-order chi connectivity index (χ1) is 7.67. The molecule has 0 fully saturated rings. The molecular formula is C13H22N2O. The van der Waals surface area contributed by atoms with Crippen LogP contribution in [0.25, 0.3) is 0 Å². The van der Waals surface area contributed by atoms with Gasteiger partial charge in [0.2, 0.25) is 0 Å². The zero-order valence-electron chi connectivity index (χ0n) is 10.2. The van der Waals surface area contributed by atoms with E-state index in [4.69, 9.17) is 5.73 Å². The van der Waals surface area contributed by atoms with Gasteiger partial charge in [-0.2, -0.15) is 0 Å². The van der Waals surface area contributed by atoms with Gasteiger partial charge in [-0.05, 0) is 56.2 Å². The van der Waals surface area contributed by atoms with E-state index in [2.05, 4.69) is 18.7 Å². The second-order valence-electron chi connectivity index (χ2n) is 4.02. The maximum absolute atomic E-state index is 9.65. The molecule has 90 valence electrons. The number of benzene rings is 1. The number of phenols is 1. The number of rotatable bonds is 6. The third-order valence-corrected chi connectivity index (χ3v) is 2.92. The van der Waals surface area contributed by atoms with E-state index in [0.29, 0.717) is 5.75 Å². The number of nitrogen functional groups attached to an aromatic ring is 1. The fourth-order valence-electron chi connectivity index (χ4n) is 1.84. The predicted molar refractivity (Wildman–Crippen MR) is 68.6 cm³/mol. The molecule has 0 atom stereocenters. The van der Waals surface area contributed by atoms with Gasteiger partial charge in [-0.1, -0.05) is 13.8 Å². The van der Waals surface area contributed by atoms with E-state index in [9.17, 15) is 5.11 Å². The molecule has 3 nitrogen and oxygen atoms in total. The first-order valence-corrected chi connectivity index (χ1v) is 5.97. The predicted octanol–water partition coefficient (Wildman–Crippen LogP) is 2.25. The van der Waals surface area contributed by atoms with Crippen molar-refractivity contribution in [3.63, 3.8) is 0 Å². The summed E-state index contributed by atoms with van der Waals surface area (Å²) in [5.41, 5.74) is 7.36. The zero-order valence-corrected chi connectivity index (χ0v) is 10.2. The number of anilines is 1. The maximum Gasteiger partial charge on any atom is 0.118 e. The molecule has 1 aromatic carbocycles. The summed E-state index contributed by atoms with van der Waals surface area (Å²) in [6, 6.07) is 5.25. The van der Waals surface area contributed by atoms with Gasteiger partial charge >= 0.3 is 0 Å². The molecule has 0 aliphatic rings. The molecular weight excluding hydrogens is 200 g/mol. The van der Waals surface area contributed by atoms with E-state index in [-0.39, 0.29) is 0 Å². The first-order valence-electron chi connectivity index (χ1n) is 5.97. The van der Waals surface area contributed by atoms with Crippen LogP contribution in [0.3, 0.4) is 0 Å². The summed E-state index contributed by atoms with van der Waals surface area (Å²) < 4.78 is 0. The molecule has 0 saturated heterocycles. The zero-order chi connectivity index (χ0) is 12.0. The Kier molecular flexibility index (Phi) is 5.12. The van der Waals surface area contributed by atoms with Gasteiger partial charge in [-0.15, -0.1) is 0 Å². The smallest absolute Gasteiger partial charge is 0.118 e. The van der Waals surface area contributed by atoms with Gasteiger partial charge in [-0.25, -0.2) is 0 Å². The third kappa shape index (κ3) is 3.74. The van der Waals surface area contributed by atoms with E-state index in [0.717, 1.165) is 43.7 Å². The lowest BCUT2D eigenvalue weighted by Gasteiger charge is -2.17. The van der Waals surface area contributed by atoms with Crippen LogP contribution < -0.4 is 5.73 Å². The summed E-state index contributed by atoms with van der Waals surface area (Å²) in [5.74, 6) is 0.355. The number of hydrogen-bond donors (Lipinski definition) is 2. The van der Waals surface area contributed by atoms with Gasteiger partial charge in [0.25, 0.3) is 0 Å². The molecule has 3 heteroatoms. The van der Waals surface area contributed by atoms with Crippen molar-refractivity contribution in [1.82, 2.24) is 4.90 Å². The minimum absolute atomic E-state index is 0.355. The molecule has 0 radical (unpaired) electrons. The van der Waals surface area contributed by atoms with Crippen LogP contribution >= 0.6 is 0 Å². The van der Waals surface area contributed by atoms with Gasteiger partial charge in [0.15, 0.2) is 0 Å². The summed E-state index contributed by atoms with van der Waals surface area (Å²) >= 11 is 0. The van der Waals surface area contributed by atoms with Crippen molar-refractivity contribution in [2.45, 2.75) is 26.7 Å². The van der Waals surface area contributed by atoms with Crippen molar-refractivity contribution >= 4 is 5.69 Å². The van der Waals surface area contributed by atoms with Crippen molar-refractivity contribution < 1.29 is 5.11 Å². The fourth-order valence-corrected chi connectivity index (χ4v) is 1.84. The lowest BCUT2D eigenvalue weighted by atomic mass is 10.1. The van der Waals surface area contributed by atoms with Crippen molar-refractivity contribution in [3.8, 4) is 5.75 Å². The van der Waals surface area contributed by atoms with Crippen LogP contribution in [0.15, 0.2) is 18.2 Å². The van der Waals surface area contributed by atoms with Crippen LogP contribution in [-0.4, -0.2) is 29.6 Å². The SMILES string of the molecule is CCN(CC)CCCc1cc(N)ccc1O. The molecule has 1 rings (SSSR count). The van der Waals surface area contributed by atoms with Gasteiger partial charge in [0, 0.05) is 5.69 Å². The van der Waals surface area contributed by atoms with E-state index in [1.165, 1.54) is 0 Å². The standard InChI is InChI=1S/C13H22N2O/c1-3-15(4-2)9-5-6-11-10-12(14)7-8-13(11)16/h7-8,10,16H,3-6,9,14H2,1-2H3. The Balaban J connectivity index is 2.45. The van der Waals surface area contributed by atoms with Crippen LogP contribution in [0.4, 0.5) is 5.69 Å². The molecule has 0 aliphatic carbocycles. The van der Waals surface area contributed by atoms with E-state index >= 15 is 0 Å². The van der Waals surface area contributed by atoms with Crippen LogP contribution in [0, 0.1) is 0 Å². The monoisotopic (exact) mass is 222 g/mol. The van der Waals surface area contributed by atoms with Gasteiger partial charge < -0.3 is 15.7 Å². The van der Waals surface area contributed by atoms with Crippen molar-refractivity contribution in [2.24, 2.45) is 0 Å². The molecule has 0 aliphatic heterocycles. The maximum atomic E-state index is 9.65. The number of hydrogen-bond acceptors (Lipinski definition) is 3. The highest BCUT2D eigenvalue weighted by Crippen LogP contribution is 2.21. The van der Waals surface area contributed by atoms with Crippen LogP contribution in [0.5, 0.6) is 5.75 Å². The average Bonchev–Trinajstić information content (AvgIpc) is 2.29. The second kappa shape index (κ2) is 6.38. The Labute approximate surface area is 97.9 Å². The summed E-state index contributed by atoms with van der Waals surface area (Å²) in [6.45, 7) is 7.57. The number of aryl methyl sites for hydroxylation is 1. The molecule has 16 heavy (non-hydrogen) atoms. The Morgan fingerprint density at radius 3 is 2.56 bits per heavy atom. The van der Waals surface area contributed by atoms with Crippen LogP contribution in [0.1, 0.15) is 25.8 Å². The lowest BCUT2D eigenvalue weighted by Crippen LogP contribution is -2.24. The van der Waals surface area contributed by atoms with E-state index in [1.807, 2.05) is 6.07 Å². The molecule has 1 aromatic rings. The summed E-state index contributed by atoms with van der Waals surface area (Å²) in [6.07, 6.45) is 1.94. The van der Waals surface area contributed by atoms with E-state index in [1.54, 1.807) is 12.1 Å². The lowest BCUT2D eigenvalue weighted by molar-refractivity contribution is 0.299. The topological polar surface area (TPSA) is 49.5 Å². The molecule has 0 spiro atoms.